The molecule has 0 saturated carbocycles. The monoisotopic (exact) mass is 399 g/mol. The zero-order chi connectivity index (χ0) is 19.7. The predicted octanol–water partition coefficient (Wildman–Crippen LogP) is 2.86. The van der Waals surface area contributed by atoms with Crippen molar-refractivity contribution in [2.45, 2.75) is 37.1 Å². The molecule has 0 bridgehead atoms. The Balaban J connectivity index is 1.44. The van der Waals surface area contributed by atoms with Gasteiger partial charge in [0.05, 0.1) is 4.90 Å². The minimum absolute atomic E-state index is 0.105. The SMILES string of the molecule is CC(C(=O)Nc1ccc(S(=O)(=O)N2CCCC2)cc1)N1CCc2ccccc21. The smallest absolute Gasteiger partial charge is 0.246 e. The molecule has 1 saturated heterocycles. The molecule has 2 heterocycles. The number of benzene rings is 2. The van der Waals surface area contributed by atoms with Gasteiger partial charge in [-0.15, -0.1) is 0 Å². The summed E-state index contributed by atoms with van der Waals surface area (Å²) < 4.78 is 26.7. The van der Waals surface area contributed by atoms with Crippen LogP contribution in [-0.4, -0.2) is 44.3 Å². The van der Waals surface area contributed by atoms with Crippen molar-refractivity contribution in [2.24, 2.45) is 0 Å². The summed E-state index contributed by atoms with van der Waals surface area (Å²) in [6.45, 7) is 3.87. The van der Waals surface area contributed by atoms with Crippen LogP contribution in [0.2, 0.25) is 0 Å². The van der Waals surface area contributed by atoms with E-state index >= 15 is 0 Å². The van der Waals surface area contributed by atoms with Crippen LogP contribution in [0.3, 0.4) is 0 Å². The third kappa shape index (κ3) is 3.52. The lowest BCUT2D eigenvalue weighted by molar-refractivity contribution is -0.117. The number of hydrogen-bond acceptors (Lipinski definition) is 4. The van der Waals surface area contributed by atoms with Gasteiger partial charge in [0.2, 0.25) is 15.9 Å². The van der Waals surface area contributed by atoms with E-state index in [1.807, 2.05) is 25.1 Å². The van der Waals surface area contributed by atoms with Gasteiger partial charge in [-0.25, -0.2) is 8.42 Å². The third-order valence-electron chi connectivity index (χ3n) is 5.59. The molecule has 1 atom stereocenters. The summed E-state index contributed by atoms with van der Waals surface area (Å²) in [5, 5.41) is 2.91. The Morgan fingerprint density at radius 3 is 2.39 bits per heavy atom. The molecule has 28 heavy (non-hydrogen) atoms. The van der Waals surface area contributed by atoms with Gasteiger partial charge in [-0.2, -0.15) is 4.31 Å². The van der Waals surface area contributed by atoms with Gasteiger partial charge in [0, 0.05) is 31.0 Å². The van der Waals surface area contributed by atoms with Crippen molar-refractivity contribution in [3.63, 3.8) is 0 Å². The first-order valence-electron chi connectivity index (χ1n) is 9.72. The van der Waals surface area contributed by atoms with Crippen molar-refractivity contribution in [1.82, 2.24) is 4.31 Å². The van der Waals surface area contributed by atoms with E-state index in [2.05, 4.69) is 16.3 Å². The Kier molecular flexibility index (Phi) is 5.12. The Morgan fingerprint density at radius 2 is 1.68 bits per heavy atom. The summed E-state index contributed by atoms with van der Waals surface area (Å²) in [4.78, 5) is 15.1. The number of hydrogen-bond donors (Lipinski definition) is 1. The fourth-order valence-electron chi connectivity index (χ4n) is 3.94. The quantitative estimate of drug-likeness (QED) is 0.839. The fourth-order valence-corrected chi connectivity index (χ4v) is 5.46. The first-order valence-corrected chi connectivity index (χ1v) is 11.2. The van der Waals surface area contributed by atoms with Crippen LogP contribution < -0.4 is 10.2 Å². The van der Waals surface area contributed by atoms with Crippen molar-refractivity contribution >= 4 is 27.3 Å². The number of rotatable bonds is 5. The highest BCUT2D eigenvalue weighted by Crippen LogP contribution is 2.29. The molecule has 0 aromatic heterocycles. The fraction of sp³-hybridized carbons (Fsp3) is 0.381. The number of anilines is 2. The van der Waals surface area contributed by atoms with Crippen molar-refractivity contribution in [1.29, 1.82) is 0 Å². The Bertz CT molecular complexity index is 967. The van der Waals surface area contributed by atoms with Crippen LogP contribution in [0.25, 0.3) is 0 Å². The lowest BCUT2D eigenvalue weighted by atomic mass is 10.1. The van der Waals surface area contributed by atoms with Gasteiger partial charge in [-0.3, -0.25) is 4.79 Å². The van der Waals surface area contributed by atoms with Crippen molar-refractivity contribution < 1.29 is 13.2 Å². The van der Waals surface area contributed by atoms with E-state index in [-0.39, 0.29) is 16.8 Å². The van der Waals surface area contributed by atoms with Crippen LogP contribution in [-0.2, 0) is 21.2 Å². The molecule has 1 amide bonds. The standard InChI is InChI=1S/C21H25N3O3S/c1-16(24-15-12-17-6-2-3-7-20(17)24)21(25)22-18-8-10-19(11-9-18)28(26,27)23-13-4-5-14-23/h2-3,6-11,16H,4-5,12-15H2,1H3,(H,22,25). The average molecular weight is 400 g/mol. The molecule has 148 valence electrons. The molecule has 1 fully saturated rings. The first-order chi connectivity index (χ1) is 13.5. The minimum atomic E-state index is -3.43. The molecule has 1 N–H and O–H groups in total. The summed E-state index contributed by atoms with van der Waals surface area (Å²) >= 11 is 0. The summed E-state index contributed by atoms with van der Waals surface area (Å²) in [5.41, 5.74) is 2.97. The van der Waals surface area contributed by atoms with E-state index < -0.39 is 10.0 Å². The number of fused-ring (bicyclic) bond motifs is 1. The van der Waals surface area contributed by atoms with Gasteiger partial charge in [-0.05, 0) is 62.1 Å². The molecule has 2 aliphatic rings. The highest BCUT2D eigenvalue weighted by Gasteiger charge is 2.28. The summed E-state index contributed by atoms with van der Waals surface area (Å²) in [6, 6.07) is 14.3. The molecule has 0 radical (unpaired) electrons. The van der Waals surface area contributed by atoms with Crippen LogP contribution in [0.5, 0.6) is 0 Å². The molecule has 1 unspecified atom stereocenters. The number of carbonyl (C=O) groups is 1. The predicted molar refractivity (Wildman–Crippen MR) is 110 cm³/mol. The zero-order valence-corrected chi connectivity index (χ0v) is 16.8. The number of amides is 1. The van der Waals surface area contributed by atoms with Gasteiger partial charge >= 0.3 is 0 Å². The van der Waals surface area contributed by atoms with E-state index in [1.165, 1.54) is 9.87 Å². The Hall–Kier alpha value is -2.38. The molecule has 0 aliphatic carbocycles. The Morgan fingerprint density at radius 1 is 1.00 bits per heavy atom. The Labute approximate surface area is 166 Å². The van der Waals surface area contributed by atoms with E-state index in [9.17, 15) is 13.2 Å². The minimum Gasteiger partial charge on any atom is -0.359 e. The summed E-state index contributed by atoms with van der Waals surface area (Å²) in [5.74, 6) is -0.105. The normalized spacial score (nSPS) is 18.1. The molecule has 4 rings (SSSR count). The largest absolute Gasteiger partial charge is 0.359 e. The lowest BCUT2D eigenvalue weighted by Gasteiger charge is -2.26. The highest BCUT2D eigenvalue weighted by atomic mass is 32.2. The maximum absolute atomic E-state index is 12.7. The van der Waals surface area contributed by atoms with Crippen molar-refractivity contribution in [3.8, 4) is 0 Å². The second-order valence-corrected chi connectivity index (χ2v) is 9.31. The second-order valence-electron chi connectivity index (χ2n) is 7.37. The van der Waals surface area contributed by atoms with E-state index in [1.54, 1.807) is 24.3 Å². The van der Waals surface area contributed by atoms with E-state index in [0.717, 1.165) is 31.5 Å². The van der Waals surface area contributed by atoms with Crippen LogP contribution in [0.1, 0.15) is 25.3 Å². The molecular formula is C21H25N3O3S. The topological polar surface area (TPSA) is 69.7 Å². The first kappa shape index (κ1) is 19.0. The molecule has 2 aromatic rings. The molecule has 0 spiro atoms. The number of nitrogens with zero attached hydrogens (tertiary/aromatic N) is 2. The number of nitrogens with one attached hydrogen (secondary N) is 1. The third-order valence-corrected chi connectivity index (χ3v) is 7.51. The molecule has 2 aromatic carbocycles. The van der Waals surface area contributed by atoms with Crippen LogP contribution >= 0.6 is 0 Å². The van der Waals surface area contributed by atoms with Gasteiger partial charge in [-0.1, -0.05) is 18.2 Å². The maximum Gasteiger partial charge on any atom is 0.246 e. The van der Waals surface area contributed by atoms with Gasteiger partial charge in [0.15, 0.2) is 0 Å². The van der Waals surface area contributed by atoms with Gasteiger partial charge in [0.25, 0.3) is 0 Å². The molecular weight excluding hydrogens is 374 g/mol. The highest BCUT2D eigenvalue weighted by molar-refractivity contribution is 7.89. The van der Waals surface area contributed by atoms with Gasteiger partial charge in [0.1, 0.15) is 6.04 Å². The summed E-state index contributed by atoms with van der Waals surface area (Å²) in [7, 11) is -3.43. The lowest BCUT2D eigenvalue weighted by Crippen LogP contribution is -2.41. The van der Waals surface area contributed by atoms with E-state index in [4.69, 9.17) is 0 Å². The van der Waals surface area contributed by atoms with Crippen LogP contribution in [0.4, 0.5) is 11.4 Å². The average Bonchev–Trinajstić information content (AvgIpc) is 3.38. The van der Waals surface area contributed by atoms with Crippen LogP contribution in [0.15, 0.2) is 53.4 Å². The number of carbonyl (C=O) groups excluding carboxylic acids is 1. The molecule has 6 nitrogen and oxygen atoms in total. The summed E-state index contributed by atoms with van der Waals surface area (Å²) in [6.07, 6.45) is 2.76. The molecule has 2 aliphatic heterocycles. The number of sulfonamides is 1. The van der Waals surface area contributed by atoms with Crippen molar-refractivity contribution in [2.75, 3.05) is 29.9 Å². The van der Waals surface area contributed by atoms with E-state index in [0.29, 0.717) is 18.8 Å². The van der Waals surface area contributed by atoms with Crippen molar-refractivity contribution in [3.05, 3.63) is 54.1 Å². The molecule has 7 heteroatoms. The van der Waals surface area contributed by atoms with Crippen LogP contribution in [0, 0.1) is 0 Å². The van der Waals surface area contributed by atoms with Gasteiger partial charge < -0.3 is 10.2 Å². The number of para-hydroxylation sites is 1. The maximum atomic E-state index is 12.7. The zero-order valence-electron chi connectivity index (χ0n) is 16.0. The second kappa shape index (κ2) is 7.56.